The zero-order chi connectivity index (χ0) is 8.43. The van der Waals surface area contributed by atoms with Crippen molar-refractivity contribution in [1.82, 2.24) is 4.98 Å². The predicted octanol–water partition coefficient (Wildman–Crippen LogP) is 0.719. The van der Waals surface area contributed by atoms with Crippen LogP contribution in [0.25, 0.3) is 0 Å². The molecule has 0 bridgehead atoms. The van der Waals surface area contributed by atoms with Crippen LogP contribution in [0.5, 0.6) is 0 Å². The van der Waals surface area contributed by atoms with Crippen molar-refractivity contribution in [1.29, 1.82) is 0 Å². The van der Waals surface area contributed by atoms with Gasteiger partial charge in [-0.15, -0.1) is 0 Å². The Kier molecular flexibility index (Phi) is 2.45. The largest absolute Gasteiger partial charge is 0.375 e. The van der Waals surface area contributed by atoms with E-state index in [-0.39, 0.29) is 0 Å². The summed E-state index contributed by atoms with van der Waals surface area (Å²) in [5, 5.41) is 0.868. The number of carbonyl (C=O) groups excluding carboxylic acids is 1. The van der Waals surface area contributed by atoms with Crippen LogP contribution in [0.3, 0.4) is 0 Å². The molecule has 1 rings (SSSR count). The van der Waals surface area contributed by atoms with Crippen molar-refractivity contribution in [2.24, 2.45) is 5.73 Å². The Morgan fingerprint density at radius 2 is 2.36 bits per heavy atom. The van der Waals surface area contributed by atoms with Crippen LogP contribution in [-0.4, -0.2) is 10.9 Å². The van der Waals surface area contributed by atoms with Crippen molar-refractivity contribution in [2.75, 3.05) is 5.73 Å². The van der Waals surface area contributed by atoms with Gasteiger partial charge in [0.1, 0.15) is 4.88 Å². The number of hydrogen-bond acceptors (Lipinski definition) is 4. The normalized spacial score (nSPS) is 9.91. The molecular formula is C5H6BrN3OS. The third kappa shape index (κ3) is 1.69. The van der Waals surface area contributed by atoms with Gasteiger partial charge in [0.15, 0.2) is 5.13 Å². The van der Waals surface area contributed by atoms with E-state index in [2.05, 4.69) is 20.9 Å². The smallest absolute Gasteiger partial charge is 0.260 e. The van der Waals surface area contributed by atoms with Gasteiger partial charge in [0.2, 0.25) is 0 Å². The number of aromatic nitrogens is 1. The molecule has 0 fully saturated rings. The number of alkyl halides is 1. The average molecular weight is 236 g/mol. The summed E-state index contributed by atoms with van der Waals surface area (Å²) in [7, 11) is 0. The number of rotatable bonds is 2. The summed E-state index contributed by atoms with van der Waals surface area (Å²) in [5.74, 6) is -0.478. The van der Waals surface area contributed by atoms with Gasteiger partial charge in [-0.3, -0.25) is 4.79 Å². The molecule has 60 valence electrons. The molecule has 6 heteroatoms. The summed E-state index contributed by atoms with van der Waals surface area (Å²) in [5.41, 5.74) is 11.0. The molecular weight excluding hydrogens is 230 g/mol. The maximum Gasteiger partial charge on any atom is 0.260 e. The second-order valence-corrected chi connectivity index (χ2v) is 3.42. The maximum absolute atomic E-state index is 10.7. The molecule has 4 nitrogen and oxygen atoms in total. The predicted molar refractivity (Wildman–Crippen MR) is 47.7 cm³/mol. The molecule has 0 aliphatic carbocycles. The van der Waals surface area contributed by atoms with Gasteiger partial charge in [0.25, 0.3) is 5.91 Å². The van der Waals surface area contributed by atoms with Crippen molar-refractivity contribution < 1.29 is 4.79 Å². The van der Waals surface area contributed by atoms with Crippen molar-refractivity contribution in [3.8, 4) is 0 Å². The summed E-state index contributed by atoms with van der Waals surface area (Å²) in [6.07, 6.45) is 0. The van der Waals surface area contributed by atoms with Gasteiger partial charge < -0.3 is 11.5 Å². The zero-order valence-electron chi connectivity index (χ0n) is 5.50. The highest BCUT2D eigenvalue weighted by molar-refractivity contribution is 9.08. The van der Waals surface area contributed by atoms with Gasteiger partial charge >= 0.3 is 0 Å². The van der Waals surface area contributed by atoms with Crippen molar-refractivity contribution in [3.05, 3.63) is 10.6 Å². The quantitative estimate of drug-likeness (QED) is 0.742. The van der Waals surface area contributed by atoms with Crippen LogP contribution < -0.4 is 11.5 Å². The minimum absolute atomic E-state index is 0.369. The van der Waals surface area contributed by atoms with Crippen LogP contribution in [-0.2, 0) is 5.33 Å². The number of anilines is 1. The van der Waals surface area contributed by atoms with Crippen molar-refractivity contribution >= 4 is 38.3 Å². The zero-order valence-corrected chi connectivity index (χ0v) is 7.91. The van der Waals surface area contributed by atoms with Gasteiger partial charge in [0, 0.05) is 5.33 Å². The lowest BCUT2D eigenvalue weighted by Crippen LogP contribution is -2.10. The van der Waals surface area contributed by atoms with Crippen molar-refractivity contribution in [3.63, 3.8) is 0 Å². The molecule has 1 heterocycles. The Labute approximate surface area is 75.7 Å². The monoisotopic (exact) mass is 235 g/mol. The van der Waals surface area contributed by atoms with Crippen LogP contribution in [0.15, 0.2) is 0 Å². The molecule has 1 aromatic rings. The molecule has 1 aromatic heterocycles. The van der Waals surface area contributed by atoms with Gasteiger partial charge in [-0.25, -0.2) is 4.98 Å². The summed E-state index contributed by atoms with van der Waals surface area (Å²) < 4.78 is 0. The maximum atomic E-state index is 10.7. The number of hydrogen-bond donors (Lipinski definition) is 2. The topological polar surface area (TPSA) is 82.0 Å². The summed E-state index contributed by atoms with van der Waals surface area (Å²) in [6.45, 7) is 0. The Morgan fingerprint density at radius 3 is 2.73 bits per heavy atom. The van der Waals surface area contributed by atoms with Gasteiger partial charge in [-0.2, -0.15) is 0 Å². The fourth-order valence-corrected chi connectivity index (χ4v) is 1.95. The standard InChI is InChI=1S/C5H6BrN3OS/c6-1-2-3(4(7)10)11-5(8)9-2/h1H2,(H2,7,10)(H2,8,9). The van der Waals surface area contributed by atoms with Gasteiger partial charge in [-0.05, 0) is 0 Å². The summed E-state index contributed by atoms with van der Waals surface area (Å²) in [6, 6.07) is 0. The molecule has 0 radical (unpaired) electrons. The fourth-order valence-electron chi connectivity index (χ4n) is 0.653. The van der Waals surface area contributed by atoms with E-state index in [0.717, 1.165) is 11.3 Å². The molecule has 0 aromatic carbocycles. The molecule has 0 saturated carbocycles. The van der Waals surface area contributed by atoms with Crippen LogP contribution in [0, 0.1) is 0 Å². The Hall–Kier alpha value is -0.620. The second-order valence-electron chi connectivity index (χ2n) is 1.83. The highest BCUT2D eigenvalue weighted by Crippen LogP contribution is 2.21. The summed E-state index contributed by atoms with van der Waals surface area (Å²) >= 11 is 4.28. The number of carbonyl (C=O) groups is 1. The fraction of sp³-hybridized carbons (Fsp3) is 0.200. The number of nitrogens with zero attached hydrogens (tertiary/aromatic N) is 1. The number of amides is 1. The number of nitrogen functional groups attached to an aromatic ring is 1. The van der Waals surface area contributed by atoms with E-state index >= 15 is 0 Å². The van der Waals surface area contributed by atoms with E-state index in [9.17, 15) is 4.79 Å². The Morgan fingerprint density at radius 1 is 1.73 bits per heavy atom. The van der Waals surface area contributed by atoms with Crippen molar-refractivity contribution in [2.45, 2.75) is 5.33 Å². The first-order valence-electron chi connectivity index (χ1n) is 2.76. The van der Waals surface area contributed by atoms with E-state index in [1.807, 2.05) is 0 Å². The Bertz CT molecular complexity index is 285. The second kappa shape index (κ2) is 3.19. The van der Waals surface area contributed by atoms with Crippen LogP contribution in [0.2, 0.25) is 0 Å². The van der Waals surface area contributed by atoms with Gasteiger partial charge in [0.05, 0.1) is 5.69 Å². The third-order valence-corrected chi connectivity index (χ3v) is 2.54. The molecule has 0 spiro atoms. The highest BCUT2D eigenvalue weighted by atomic mass is 79.9. The van der Waals surface area contributed by atoms with Crippen LogP contribution in [0.1, 0.15) is 15.4 Å². The molecule has 0 aliphatic rings. The third-order valence-electron chi connectivity index (χ3n) is 1.06. The lowest BCUT2D eigenvalue weighted by Gasteiger charge is -1.89. The highest BCUT2D eigenvalue weighted by Gasteiger charge is 2.12. The first-order valence-corrected chi connectivity index (χ1v) is 4.70. The first-order chi connectivity index (χ1) is 5.15. The average Bonchev–Trinajstić information content (AvgIpc) is 2.30. The molecule has 1 amide bonds. The van der Waals surface area contributed by atoms with E-state index in [1.165, 1.54) is 0 Å². The SMILES string of the molecule is NC(=O)c1sc(N)nc1CBr. The molecule has 0 unspecified atom stereocenters. The van der Waals surface area contributed by atoms with Crippen LogP contribution >= 0.6 is 27.3 Å². The minimum Gasteiger partial charge on any atom is -0.375 e. The van der Waals surface area contributed by atoms with E-state index in [0.29, 0.717) is 21.0 Å². The molecule has 0 saturated heterocycles. The van der Waals surface area contributed by atoms with Gasteiger partial charge in [-0.1, -0.05) is 27.3 Å². The lowest BCUT2D eigenvalue weighted by molar-refractivity contribution is 0.100. The number of primary amides is 1. The number of thiazole rings is 1. The van der Waals surface area contributed by atoms with E-state index < -0.39 is 5.91 Å². The molecule has 11 heavy (non-hydrogen) atoms. The van der Waals surface area contributed by atoms with E-state index in [1.54, 1.807) is 0 Å². The molecule has 0 aliphatic heterocycles. The molecule has 4 N–H and O–H groups in total. The molecule has 0 atom stereocenters. The number of nitrogens with two attached hydrogens (primary N) is 2. The summed E-state index contributed by atoms with van der Waals surface area (Å²) in [4.78, 5) is 15.0. The lowest BCUT2D eigenvalue weighted by atomic mass is 10.4. The van der Waals surface area contributed by atoms with E-state index in [4.69, 9.17) is 11.5 Å². The Balaban J connectivity index is 3.12. The first kappa shape index (κ1) is 8.48. The van der Waals surface area contributed by atoms with Crippen LogP contribution in [0.4, 0.5) is 5.13 Å². The number of halogens is 1. The minimum atomic E-state index is -0.478.